The van der Waals surface area contributed by atoms with Gasteiger partial charge in [0.2, 0.25) is 0 Å². The topological polar surface area (TPSA) is 85.3 Å². The van der Waals surface area contributed by atoms with E-state index >= 15 is 0 Å². The molecule has 1 atom stereocenters. The first-order valence-corrected chi connectivity index (χ1v) is 13.1. The summed E-state index contributed by atoms with van der Waals surface area (Å²) < 4.78 is 16.4. The zero-order chi connectivity index (χ0) is 28.4. The molecule has 1 saturated heterocycles. The van der Waals surface area contributed by atoms with E-state index in [1.807, 2.05) is 45.0 Å². The molecule has 1 aliphatic heterocycles. The SMILES string of the molecule is CCc1ccc(C2/C(=C(\O)c3cc(Cl)c(OC)c(Cl)c3OC)C(=O)C(=O)N2c2ccc(OC(C)C)cc2)cc1. The number of aryl methyl sites for hydroxylation is 1. The second kappa shape index (κ2) is 11.6. The number of rotatable bonds is 8. The minimum absolute atomic E-state index is 0.0212. The number of carbonyl (C=O) groups is 2. The number of hydrogen-bond acceptors (Lipinski definition) is 6. The van der Waals surface area contributed by atoms with Gasteiger partial charge in [-0.05, 0) is 61.7 Å². The van der Waals surface area contributed by atoms with E-state index in [9.17, 15) is 14.7 Å². The number of halogens is 2. The summed E-state index contributed by atoms with van der Waals surface area (Å²) in [5.74, 6) is -1.28. The molecule has 1 amide bonds. The Bertz CT molecular complexity index is 1430. The van der Waals surface area contributed by atoms with Crippen molar-refractivity contribution in [2.45, 2.75) is 39.3 Å². The van der Waals surface area contributed by atoms with Gasteiger partial charge in [-0.2, -0.15) is 0 Å². The fourth-order valence-electron chi connectivity index (χ4n) is 4.60. The molecule has 0 bridgehead atoms. The number of amides is 1. The molecule has 1 fully saturated rings. The normalized spacial score (nSPS) is 16.6. The van der Waals surface area contributed by atoms with Gasteiger partial charge in [-0.15, -0.1) is 0 Å². The maximum Gasteiger partial charge on any atom is 0.300 e. The average molecular weight is 570 g/mol. The van der Waals surface area contributed by atoms with Crippen molar-refractivity contribution in [3.05, 3.63) is 86.9 Å². The molecule has 0 aliphatic carbocycles. The molecule has 39 heavy (non-hydrogen) atoms. The fraction of sp³-hybridized carbons (Fsp3) is 0.267. The molecule has 1 aliphatic rings. The van der Waals surface area contributed by atoms with Gasteiger partial charge in [-0.3, -0.25) is 14.5 Å². The van der Waals surface area contributed by atoms with E-state index in [0.717, 1.165) is 12.0 Å². The van der Waals surface area contributed by atoms with Gasteiger partial charge in [-0.25, -0.2) is 0 Å². The summed E-state index contributed by atoms with van der Waals surface area (Å²) in [4.78, 5) is 28.4. The molecular formula is C30H29Cl2NO6. The predicted octanol–water partition coefficient (Wildman–Crippen LogP) is 6.99. The molecule has 9 heteroatoms. The lowest BCUT2D eigenvalue weighted by molar-refractivity contribution is -0.132. The summed E-state index contributed by atoms with van der Waals surface area (Å²) >= 11 is 12.8. The average Bonchev–Trinajstić information content (AvgIpc) is 3.18. The number of ketones is 1. The van der Waals surface area contributed by atoms with E-state index in [1.165, 1.54) is 25.2 Å². The van der Waals surface area contributed by atoms with Crippen molar-refractivity contribution in [2.24, 2.45) is 0 Å². The molecular weight excluding hydrogens is 541 g/mol. The van der Waals surface area contributed by atoms with Crippen LogP contribution < -0.4 is 19.1 Å². The van der Waals surface area contributed by atoms with Gasteiger partial charge in [0.25, 0.3) is 11.7 Å². The van der Waals surface area contributed by atoms with Crippen LogP contribution in [0.2, 0.25) is 10.0 Å². The van der Waals surface area contributed by atoms with Crippen molar-refractivity contribution < 1.29 is 28.9 Å². The minimum atomic E-state index is -0.933. The van der Waals surface area contributed by atoms with E-state index in [2.05, 4.69) is 0 Å². The lowest BCUT2D eigenvalue weighted by atomic mass is 9.94. The smallest absolute Gasteiger partial charge is 0.300 e. The molecule has 204 valence electrons. The van der Waals surface area contributed by atoms with Crippen molar-refractivity contribution >= 4 is 46.3 Å². The third kappa shape index (κ3) is 5.29. The Hall–Kier alpha value is -3.68. The highest BCUT2D eigenvalue weighted by molar-refractivity contribution is 6.52. The van der Waals surface area contributed by atoms with Crippen LogP contribution in [0.5, 0.6) is 17.2 Å². The van der Waals surface area contributed by atoms with E-state index in [1.54, 1.807) is 24.3 Å². The van der Waals surface area contributed by atoms with Crippen molar-refractivity contribution in [1.82, 2.24) is 0 Å². The standard InChI is InChI=1S/C30H29Cl2NO6/c1-6-17-7-9-18(10-8-17)25-23(26(34)21-15-22(31)29(38-5)24(32)28(21)37-4)27(35)30(36)33(25)19-11-13-20(14-12-19)39-16(2)3/h7-16,25,34H,6H2,1-5H3/b26-23+. The first-order valence-electron chi connectivity index (χ1n) is 12.4. The number of carbonyl (C=O) groups excluding carboxylic acids is 2. The molecule has 4 rings (SSSR count). The zero-order valence-corrected chi connectivity index (χ0v) is 23.8. The number of Topliss-reactive ketones (excluding diaryl/α,β-unsaturated/α-hetero) is 1. The number of anilines is 1. The number of hydrogen-bond donors (Lipinski definition) is 1. The van der Waals surface area contributed by atoms with E-state index in [-0.39, 0.29) is 38.8 Å². The van der Waals surface area contributed by atoms with E-state index in [4.69, 9.17) is 37.4 Å². The minimum Gasteiger partial charge on any atom is -0.507 e. The highest BCUT2D eigenvalue weighted by atomic mass is 35.5. The third-order valence-electron chi connectivity index (χ3n) is 6.43. The van der Waals surface area contributed by atoms with Gasteiger partial charge in [0, 0.05) is 5.69 Å². The summed E-state index contributed by atoms with van der Waals surface area (Å²) in [7, 11) is 2.76. The van der Waals surface area contributed by atoms with Crippen LogP contribution in [0.15, 0.2) is 60.2 Å². The maximum atomic E-state index is 13.6. The van der Waals surface area contributed by atoms with Gasteiger partial charge in [-0.1, -0.05) is 54.4 Å². The Kier molecular flexibility index (Phi) is 8.42. The highest BCUT2D eigenvalue weighted by Gasteiger charge is 2.47. The number of nitrogens with zero attached hydrogens (tertiary/aromatic N) is 1. The zero-order valence-electron chi connectivity index (χ0n) is 22.2. The first-order chi connectivity index (χ1) is 18.6. The number of methoxy groups -OCH3 is 2. The van der Waals surface area contributed by atoms with Crippen LogP contribution in [0.3, 0.4) is 0 Å². The Morgan fingerprint density at radius 2 is 1.59 bits per heavy atom. The van der Waals surface area contributed by atoms with Gasteiger partial charge in [0.1, 0.15) is 16.5 Å². The molecule has 0 aromatic heterocycles. The maximum absolute atomic E-state index is 13.6. The molecule has 7 nitrogen and oxygen atoms in total. The summed E-state index contributed by atoms with van der Waals surface area (Å²) in [5.41, 5.74) is 2.13. The molecule has 1 unspecified atom stereocenters. The van der Waals surface area contributed by atoms with Gasteiger partial charge < -0.3 is 19.3 Å². The van der Waals surface area contributed by atoms with Gasteiger partial charge in [0.15, 0.2) is 11.5 Å². The highest BCUT2D eigenvalue weighted by Crippen LogP contribution is 2.48. The van der Waals surface area contributed by atoms with Crippen molar-refractivity contribution in [3.8, 4) is 17.2 Å². The summed E-state index contributed by atoms with van der Waals surface area (Å²) in [6.45, 7) is 5.86. The largest absolute Gasteiger partial charge is 0.507 e. The Morgan fingerprint density at radius 3 is 2.13 bits per heavy atom. The number of aliphatic hydroxyl groups excluding tert-OH is 1. The predicted molar refractivity (Wildman–Crippen MR) is 152 cm³/mol. The van der Waals surface area contributed by atoms with Crippen LogP contribution in [0.4, 0.5) is 5.69 Å². The molecule has 0 saturated carbocycles. The second-order valence-electron chi connectivity index (χ2n) is 9.21. The van der Waals surface area contributed by atoms with Crippen LogP contribution in [0.25, 0.3) is 5.76 Å². The first kappa shape index (κ1) is 28.3. The molecule has 3 aromatic rings. The lowest BCUT2D eigenvalue weighted by Gasteiger charge is -2.26. The Morgan fingerprint density at radius 1 is 0.974 bits per heavy atom. The van der Waals surface area contributed by atoms with Crippen LogP contribution in [-0.2, 0) is 16.0 Å². The molecule has 1 N–H and O–H groups in total. The summed E-state index contributed by atoms with van der Waals surface area (Å²) in [5, 5.41) is 11.7. The Labute approximate surface area is 237 Å². The lowest BCUT2D eigenvalue weighted by Crippen LogP contribution is -2.29. The van der Waals surface area contributed by atoms with Crippen LogP contribution in [-0.4, -0.2) is 37.1 Å². The van der Waals surface area contributed by atoms with Crippen molar-refractivity contribution in [3.63, 3.8) is 0 Å². The van der Waals surface area contributed by atoms with E-state index in [0.29, 0.717) is 17.0 Å². The fourth-order valence-corrected chi connectivity index (χ4v) is 5.29. The summed E-state index contributed by atoms with van der Waals surface area (Å²) in [6.07, 6.45) is 0.790. The van der Waals surface area contributed by atoms with Crippen LogP contribution in [0, 0.1) is 0 Å². The second-order valence-corrected chi connectivity index (χ2v) is 10.00. The number of aliphatic hydroxyl groups is 1. The third-order valence-corrected chi connectivity index (χ3v) is 7.05. The molecule has 0 spiro atoms. The molecule has 1 heterocycles. The van der Waals surface area contributed by atoms with Crippen molar-refractivity contribution in [1.29, 1.82) is 0 Å². The van der Waals surface area contributed by atoms with Crippen LogP contribution >= 0.6 is 23.2 Å². The van der Waals surface area contributed by atoms with Gasteiger partial charge in [0.05, 0.1) is 42.5 Å². The van der Waals surface area contributed by atoms with Gasteiger partial charge >= 0.3 is 0 Å². The number of benzene rings is 3. The Balaban J connectivity index is 1.95. The summed E-state index contributed by atoms with van der Waals surface area (Å²) in [6, 6.07) is 14.9. The van der Waals surface area contributed by atoms with Crippen molar-refractivity contribution in [2.75, 3.05) is 19.1 Å². The monoisotopic (exact) mass is 569 g/mol. The molecule has 3 aromatic carbocycles. The van der Waals surface area contributed by atoms with E-state index < -0.39 is 23.5 Å². The molecule has 0 radical (unpaired) electrons. The van der Waals surface area contributed by atoms with Crippen LogP contribution in [0.1, 0.15) is 43.5 Å². The number of ether oxygens (including phenoxy) is 3. The quantitative estimate of drug-likeness (QED) is 0.179.